The molecular formula is C10H8Cl3N3. The van der Waals surface area contributed by atoms with Gasteiger partial charge < -0.3 is 0 Å². The molecule has 1 aromatic heterocycles. The highest BCUT2D eigenvalue weighted by Crippen LogP contribution is 2.37. The summed E-state index contributed by atoms with van der Waals surface area (Å²) < 4.78 is -1.29. The van der Waals surface area contributed by atoms with Crippen molar-refractivity contribution in [2.75, 3.05) is 0 Å². The van der Waals surface area contributed by atoms with Crippen LogP contribution in [0, 0.1) is 0 Å². The molecule has 3 nitrogen and oxygen atoms in total. The molecule has 0 aliphatic rings. The first-order chi connectivity index (χ1) is 7.61. The average molecular weight is 277 g/mol. The highest BCUT2D eigenvalue weighted by molar-refractivity contribution is 6.66. The Labute approximate surface area is 108 Å². The van der Waals surface area contributed by atoms with Gasteiger partial charge in [-0.05, 0) is 0 Å². The summed E-state index contributed by atoms with van der Waals surface area (Å²) in [5.74, 6) is 0. The molecule has 0 saturated carbocycles. The fraction of sp³-hybridized carbons (Fsp3) is 0.100. The van der Waals surface area contributed by atoms with E-state index >= 15 is 0 Å². The summed E-state index contributed by atoms with van der Waals surface area (Å²) in [5, 5.41) is 0. The number of benzene rings is 1. The molecule has 84 valence electrons. The quantitative estimate of drug-likeness (QED) is 0.692. The summed E-state index contributed by atoms with van der Waals surface area (Å²) in [6.07, 6.45) is 4.31. The Hall–Kier alpha value is -0.900. The minimum atomic E-state index is -1.29. The van der Waals surface area contributed by atoms with E-state index in [0.717, 1.165) is 0 Å². The van der Waals surface area contributed by atoms with Crippen LogP contribution in [0.1, 0.15) is 5.56 Å². The molecule has 1 heterocycles. The molecule has 0 bridgehead atoms. The second-order valence-corrected chi connectivity index (χ2v) is 4.94. The predicted octanol–water partition coefficient (Wildman–Crippen LogP) is 3.38. The van der Waals surface area contributed by atoms with E-state index in [2.05, 4.69) is 15.0 Å². The molecule has 0 amide bonds. The highest BCUT2D eigenvalue weighted by Gasteiger charge is 2.21. The van der Waals surface area contributed by atoms with Crippen LogP contribution in [0.25, 0.3) is 0 Å². The van der Waals surface area contributed by atoms with Gasteiger partial charge in [0, 0.05) is 5.56 Å². The van der Waals surface area contributed by atoms with Crippen LogP contribution in [0.3, 0.4) is 0 Å². The molecule has 0 saturated heterocycles. The number of nitrogens with zero attached hydrogens (tertiary/aromatic N) is 3. The topological polar surface area (TPSA) is 38.7 Å². The molecule has 0 aliphatic carbocycles. The van der Waals surface area contributed by atoms with Gasteiger partial charge in [0.1, 0.15) is 19.0 Å². The Morgan fingerprint density at radius 1 is 0.750 bits per heavy atom. The van der Waals surface area contributed by atoms with E-state index in [4.69, 9.17) is 34.8 Å². The second kappa shape index (κ2) is 6.63. The Balaban J connectivity index is 0.000000181. The van der Waals surface area contributed by atoms with Crippen molar-refractivity contribution in [1.29, 1.82) is 0 Å². The number of hydrogen-bond donors (Lipinski definition) is 0. The van der Waals surface area contributed by atoms with Gasteiger partial charge in [-0.3, -0.25) is 0 Å². The number of rotatable bonds is 0. The van der Waals surface area contributed by atoms with E-state index in [0.29, 0.717) is 5.56 Å². The van der Waals surface area contributed by atoms with Crippen LogP contribution in [-0.2, 0) is 3.79 Å². The number of aromatic nitrogens is 3. The first-order valence-corrected chi connectivity index (χ1v) is 5.41. The van der Waals surface area contributed by atoms with E-state index in [1.165, 1.54) is 19.0 Å². The van der Waals surface area contributed by atoms with Crippen molar-refractivity contribution in [1.82, 2.24) is 15.0 Å². The van der Waals surface area contributed by atoms with Crippen molar-refractivity contribution >= 4 is 34.8 Å². The Kier molecular flexibility index (Phi) is 5.46. The summed E-state index contributed by atoms with van der Waals surface area (Å²) in [4.78, 5) is 10.7. The standard InChI is InChI=1S/C7H5Cl3.C3H3N3/c8-7(9,10)6-4-2-1-3-5-6;1-4-2-6-3-5-1/h1-5H;1-3H. The zero-order chi connectivity index (χ0) is 11.9. The molecule has 16 heavy (non-hydrogen) atoms. The van der Waals surface area contributed by atoms with Gasteiger partial charge in [0.2, 0.25) is 3.79 Å². The average Bonchev–Trinajstić information content (AvgIpc) is 2.32. The lowest BCUT2D eigenvalue weighted by molar-refractivity contribution is 1.05. The van der Waals surface area contributed by atoms with Gasteiger partial charge in [-0.15, -0.1) is 0 Å². The molecular weight excluding hydrogens is 268 g/mol. The van der Waals surface area contributed by atoms with Crippen LogP contribution in [0.4, 0.5) is 0 Å². The highest BCUT2D eigenvalue weighted by atomic mass is 35.6. The van der Waals surface area contributed by atoms with Crippen LogP contribution >= 0.6 is 34.8 Å². The Bertz CT molecular complexity index is 362. The Morgan fingerprint density at radius 2 is 1.19 bits per heavy atom. The number of hydrogen-bond acceptors (Lipinski definition) is 3. The normalized spacial score (nSPS) is 10.2. The molecule has 0 N–H and O–H groups in total. The van der Waals surface area contributed by atoms with Gasteiger partial charge in [0.05, 0.1) is 0 Å². The first kappa shape index (κ1) is 13.2. The number of halogens is 3. The molecule has 0 aliphatic heterocycles. The lowest BCUT2D eigenvalue weighted by Gasteiger charge is -2.09. The molecule has 0 unspecified atom stereocenters. The van der Waals surface area contributed by atoms with Gasteiger partial charge in [-0.1, -0.05) is 65.1 Å². The van der Waals surface area contributed by atoms with Crippen LogP contribution in [0.15, 0.2) is 49.3 Å². The van der Waals surface area contributed by atoms with Crippen molar-refractivity contribution in [3.63, 3.8) is 0 Å². The summed E-state index contributed by atoms with van der Waals surface area (Å²) in [6, 6.07) is 9.08. The van der Waals surface area contributed by atoms with Crippen molar-refractivity contribution in [3.05, 3.63) is 54.9 Å². The maximum atomic E-state index is 5.59. The van der Waals surface area contributed by atoms with Gasteiger partial charge in [-0.2, -0.15) is 0 Å². The second-order valence-electron chi connectivity index (χ2n) is 2.66. The van der Waals surface area contributed by atoms with E-state index in [1.807, 2.05) is 18.2 Å². The largest absolute Gasteiger partial charge is 0.225 e. The summed E-state index contributed by atoms with van der Waals surface area (Å²) >= 11 is 16.8. The van der Waals surface area contributed by atoms with Crippen molar-refractivity contribution in [2.24, 2.45) is 0 Å². The minimum Gasteiger partial charge on any atom is -0.225 e. The third kappa shape index (κ3) is 5.26. The smallest absolute Gasteiger partial charge is 0.216 e. The third-order valence-corrected chi connectivity index (χ3v) is 2.16. The molecule has 6 heteroatoms. The van der Waals surface area contributed by atoms with Gasteiger partial charge in [0.25, 0.3) is 0 Å². The molecule has 2 rings (SSSR count). The fourth-order valence-corrected chi connectivity index (χ4v) is 1.21. The van der Waals surface area contributed by atoms with Gasteiger partial charge in [-0.25, -0.2) is 15.0 Å². The van der Waals surface area contributed by atoms with Crippen molar-refractivity contribution < 1.29 is 0 Å². The van der Waals surface area contributed by atoms with E-state index in [-0.39, 0.29) is 0 Å². The molecule has 2 aromatic rings. The Morgan fingerprint density at radius 3 is 1.44 bits per heavy atom. The summed E-state index contributed by atoms with van der Waals surface area (Å²) in [7, 11) is 0. The molecule has 0 spiro atoms. The molecule has 1 aromatic carbocycles. The summed E-state index contributed by atoms with van der Waals surface area (Å²) in [6.45, 7) is 0. The van der Waals surface area contributed by atoms with Crippen LogP contribution in [0.5, 0.6) is 0 Å². The maximum Gasteiger partial charge on any atom is 0.216 e. The zero-order valence-corrected chi connectivity index (χ0v) is 10.4. The number of alkyl halides is 3. The molecule has 0 fully saturated rings. The fourth-order valence-electron chi connectivity index (χ4n) is 0.832. The van der Waals surface area contributed by atoms with Crippen molar-refractivity contribution in [3.8, 4) is 0 Å². The maximum absolute atomic E-state index is 5.59. The zero-order valence-electron chi connectivity index (χ0n) is 8.09. The lowest BCUT2D eigenvalue weighted by atomic mass is 10.2. The minimum absolute atomic E-state index is 0.694. The van der Waals surface area contributed by atoms with E-state index < -0.39 is 3.79 Å². The lowest BCUT2D eigenvalue weighted by Crippen LogP contribution is -1.98. The van der Waals surface area contributed by atoms with Crippen molar-refractivity contribution in [2.45, 2.75) is 3.79 Å². The van der Waals surface area contributed by atoms with Gasteiger partial charge >= 0.3 is 0 Å². The van der Waals surface area contributed by atoms with Gasteiger partial charge in [0.15, 0.2) is 0 Å². The van der Waals surface area contributed by atoms with E-state index in [1.54, 1.807) is 12.1 Å². The van der Waals surface area contributed by atoms with Crippen LogP contribution < -0.4 is 0 Å². The van der Waals surface area contributed by atoms with Crippen LogP contribution in [-0.4, -0.2) is 15.0 Å². The first-order valence-electron chi connectivity index (χ1n) is 4.28. The molecule has 0 radical (unpaired) electrons. The predicted molar refractivity (Wildman–Crippen MR) is 65.5 cm³/mol. The van der Waals surface area contributed by atoms with E-state index in [9.17, 15) is 0 Å². The summed E-state index contributed by atoms with van der Waals surface area (Å²) in [5.41, 5.74) is 0.694. The third-order valence-electron chi connectivity index (χ3n) is 1.50. The monoisotopic (exact) mass is 275 g/mol. The SMILES string of the molecule is ClC(Cl)(Cl)c1ccccc1.c1ncncn1. The van der Waals surface area contributed by atoms with Crippen LogP contribution in [0.2, 0.25) is 0 Å². The molecule has 0 atom stereocenters.